The van der Waals surface area contributed by atoms with Crippen molar-refractivity contribution in [3.63, 3.8) is 0 Å². The molecule has 0 aliphatic carbocycles. The third kappa shape index (κ3) is 5.00. The summed E-state index contributed by atoms with van der Waals surface area (Å²) in [6.45, 7) is 3.72. The molecule has 0 aliphatic rings. The first-order valence-corrected chi connectivity index (χ1v) is 8.37. The molecule has 0 spiro atoms. The van der Waals surface area contributed by atoms with Crippen molar-refractivity contribution in [1.82, 2.24) is 25.5 Å². The van der Waals surface area contributed by atoms with Gasteiger partial charge in [-0.3, -0.25) is 15.6 Å². The summed E-state index contributed by atoms with van der Waals surface area (Å²) in [5, 5.41) is 3.94. The maximum Gasteiger partial charge on any atom is 0.242 e. The topological polar surface area (TPSA) is 115 Å². The Morgan fingerprint density at radius 2 is 1.81 bits per heavy atom. The smallest absolute Gasteiger partial charge is 0.242 e. The third-order valence-electron chi connectivity index (χ3n) is 3.68. The highest BCUT2D eigenvalue weighted by Crippen LogP contribution is 2.19. The molecule has 1 aromatic carbocycles. The number of methoxy groups -OCH3 is 1. The number of nitrogens with zero attached hydrogens (tertiary/aromatic N) is 4. The zero-order chi connectivity index (χ0) is 19.2. The Morgan fingerprint density at radius 3 is 2.48 bits per heavy atom. The van der Waals surface area contributed by atoms with Gasteiger partial charge in [-0.25, -0.2) is 9.97 Å². The minimum Gasteiger partial charge on any atom is -0.497 e. The van der Waals surface area contributed by atoms with Gasteiger partial charge >= 0.3 is 0 Å². The highest BCUT2D eigenvalue weighted by atomic mass is 16.5. The molecule has 0 fully saturated rings. The normalized spacial score (nSPS) is 10.5. The van der Waals surface area contributed by atoms with Crippen LogP contribution in [0, 0.1) is 13.8 Å². The molecule has 0 radical (unpaired) electrons. The molecule has 2 heterocycles. The fourth-order valence-electron chi connectivity index (χ4n) is 2.40. The maximum absolute atomic E-state index is 12.0. The van der Waals surface area contributed by atoms with Gasteiger partial charge in [0.2, 0.25) is 23.6 Å². The van der Waals surface area contributed by atoms with Crippen LogP contribution >= 0.6 is 0 Å². The number of nitrogens with one attached hydrogen (secondary N) is 2. The Bertz CT molecular complexity index is 903. The van der Waals surface area contributed by atoms with Gasteiger partial charge < -0.3 is 9.26 Å². The minimum absolute atomic E-state index is 0.183. The maximum atomic E-state index is 12.0. The lowest BCUT2D eigenvalue weighted by atomic mass is 10.2. The van der Waals surface area contributed by atoms with E-state index in [9.17, 15) is 4.79 Å². The number of benzene rings is 1. The number of hydrogen-bond acceptors (Lipinski definition) is 8. The van der Waals surface area contributed by atoms with Gasteiger partial charge in [0.05, 0.1) is 7.11 Å². The lowest BCUT2D eigenvalue weighted by Gasteiger charge is -2.07. The van der Waals surface area contributed by atoms with E-state index in [2.05, 4.69) is 31.0 Å². The summed E-state index contributed by atoms with van der Waals surface area (Å²) in [7, 11) is 1.60. The van der Waals surface area contributed by atoms with Gasteiger partial charge in [-0.1, -0.05) is 5.16 Å². The zero-order valence-corrected chi connectivity index (χ0v) is 15.3. The van der Waals surface area contributed by atoms with Crippen molar-refractivity contribution in [1.29, 1.82) is 0 Å². The second kappa shape index (κ2) is 8.26. The van der Waals surface area contributed by atoms with Crippen molar-refractivity contribution in [2.24, 2.45) is 0 Å². The van der Waals surface area contributed by atoms with Gasteiger partial charge in [0, 0.05) is 29.8 Å². The number of hydrazine groups is 1. The molecule has 27 heavy (non-hydrogen) atoms. The van der Waals surface area contributed by atoms with Gasteiger partial charge in [0.1, 0.15) is 5.75 Å². The summed E-state index contributed by atoms with van der Waals surface area (Å²) < 4.78 is 10.3. The van der Waals surface area contributed by atoms with Gasteiger partial charge in [0.25, 0.3) is 0 Å². The molecule has 9 heteroatoms. The van der Waals surface area contributed by atoms with Gasteiger partial charge in [-0.05, 0) is 44.2 Å². The van der Waals surface area contributed by atoms with E-state index in [1.54, 1.807) is 7.11 Å². The second-order valence-corrected chi connectivity index (χ2v) is 5.89. The Hall–Kier alpha value is -3.49. The van der Waals surface area contributed by atoms with Crippen LogP contribution in [0.3, 0.4) is 0 Å². The number of aromatic nitrogens is 4. The van der Waals surface area contributed by atoms with E-state index in [0.29, 0.717) is 24.1 Å². The fourth-order valence-corrected chi connectivity index (χ4v) is 2.40. The van der Waals surface area contributed by atoms with Crippen molar-refractivity contribution in [2.45, 2.75) is 26.7 Å². The van der Waals surface area contributed by atoms with Crippen LogP contribution in [0.15, 0.2) is 34.9 Å². The van der Waals surface area contributed by atoms with Crippen LogP contribution in [-0.4, -0.2) is 33.1 Å². The van der Waals surface area contributed by atoms with E-state index in [1.807, 2.05) is 44.2 Å². The summed E-state index contributed by atoms with van der Waals surface area (Å²) in [6, 6.07) is 9.17. The van der Waals surface area contributed by atoms with Crippen LogP contribution in [0.2, 0.25) is 0 Å². The predicted molar refractivity (Wildman–Crippen MR) is 97.9 cm³/mol. The number of ether oxygens (including phenoxy) is 1. The molecule has 0 saturated heterocycles. The Balaban J connectivity index is 1.51. The summed E-state index contributed by atoms with van der Waals surface area (Å²) in [5.41, 5.74) is 7.70. The molecule has 0 saturated carbocycles. The molecule has 140 valence electrons. The fraction of sp³-hybridized carbons (Fsp3) is 0.278. The second-order valence-electron chi connectivity index (χ2n) is 5.89. The van der Waals surface area contributed by atoms with E-state index >= 15 is 0 Å². The molecule has 3 aromatic rings. The summed E-state index contributed by atoms with van der Waals surface area (Å²) in [4.78, 5) is 24.7. The first-order valence-electron chi connectivity index (χ1n) is 8.37. The number of aryl methyl sites for hydroxylation is 3. The summed E-state index contributed by atoms with van der Waals surface area (Å²) in [6.07, 6.45) is 0.506. The summed E-state index contributed by atoms with van der Waals surface area (Å²) >= 11 is 0. The van der Waals surface area contributed by atoms with Crippen molar-refractivity contribution < 1.29 is 14.1 Å². The lowest BCUT2D eigenvalue weighted by Crippen LogP contribution is -2.30. The van der Waals surface area contributed by atoms with Crippen LogP contribution in [-0.2, 0) is 11.2 Å². The standard InChI is InChI=1S/C18H20N6O3/c1-11-10-12(2)20-18(19-11)23-22-15(25)8-9-16-21-17(24-27-16)13-4-6-14(26-3)7-5-13/h4-7,10H,8-9H2,1-3H3,(H,22,25)(H,19,20,23). The molecule has 3 rings (SSSR count). The van der Waals surface area contributed by atoms with Crippen LogP contribution in [0.25, 0.3) is 11.4 Å². The lowest BCUT2D eigenvalue weighted by molar-refractivity contribution is -0.120. The molecule has 2 aromatic heterocycles. The van der Waals surface area contributed by atoms with E-state index < -0.39 is 0 Å². The van der Waals surface area contributed by atoms with Crippen LogP contribution in [0.5, 0.6) is 5.75 Å². The monoisotopic (exact) mass is 368 g/mol. The quantitative estimate of drug-likeness (QED) is 0.610. The number of carbonyl (C=O) groups excluding carboxylic acids is 1. The molecule has 0 unspecified atom stereocenters. The van der Waals surface area contributed by atoms with Gasteiger partial charge in [-0.2, -0.15) is 4.98 Å². The number of hydrogen-bond donors (Lipinski definition) is 2. The number of carbonyl (C=O) groups is 1. The highest BCUT2D eigenvalue weighted by Gasteiger charge is 2.11. The Labute approximate surface area is 156 Å². The summed E-state index contributed by atoms with van der Waals surface area (Å²) in [5.74, 6) is 1.72. The molecule has 1 amide bonds. The number of amides is 1. The molecular weight excluding hydrogens is 348 g/mol. The molecular formula is C18H20N6O3. The number of rotatable bonds is 7. The van der Waals surface area contributed by atoms with E-state index in [0.717, 1.165) is 22.7 Å². The predicted octanol–water partition coefficient (Wildman–Crippen LogP) is 2.23. The number of anilines is 1. The Kier molecular flexibility index (Phi) is 5.60. The van der Waals surface area contributed by atoms with Gasteiger partial charge in [-0.15, -0.1) is 0 Å². The Morgan fingerprint density at radius 1 is 1.11 bits per heavy atom. The molecule has 9 nitrogen and oxygen atoms in total. The highest BCUT2D eigenvalue weighted by molar-refractivity contribution is 5.77. The molecule has 0 atom stereocenters. The minimum atomic E-state index is -0.234. The van der Waals surface area contributed by atoms with Crippen molar-refractivity contribution in [3.8, 4) is 17.1 Å². The first kappa shape index (κ1) is 18.3. The molecule has 0 aliphatic heterocycles. The third-order valence-corrected chi connectivity index (χ3v) is 3.68. The van der Waals surface area contributed by atoms with Crippen molar-refractivity contribution >= 4 is 11.9 Å². The molecule has 0 bridgehead atoms. The zero-order valence-electron chi connectivity index (χ0n) is 15.3. The van der Waals surface area contributed by atoms with Crippen LogP contribution < -0.4 is 15.6 Å². The van der Waals surface area contributed by atoms with E-state index in [4.69, 9.17) is 9.26 Å². The van der Waals surface area contributed by atoms with Crippen LogP contribution in [0.1, 0.15) is 23.7 Å². The molecule has 2 N–H and O–H groups in total. The largest absolute Gasteiger partial charge is 0.497 e. The van der Waals surface area contributed by atoms with Crippen LogP contribution in [0.4, 0.5) is 5.95 Å². The first-order chi connectivity index (χ1) is 13.0. The van der Waals surface area contributed by atoms with E-state index in [1.165, 1.54) is 0 Å². The van der Waals surface area contributed by atoms with Crippen molar-refractivity contribution in [3.05, 3.63) is 47.6 Å². The average molecular weight is 368 g/mol. The average Bonchev–Trinajstić information content (AvgIpc) is 3.13. The van der Waals surface area contributed by atoms with Crippen molar-refractivity contribution in [2.75, 3.05) is 12.5 Å². The van der Waals surface area contributed by atoms with E-state index in [-0.39, 0.29) is 12.3 Å². The van der Waals surface area contributed by atoms with Gasteiger partial charge in [0.15, 0.2) is 0 Å². The SMILES string of the molecule is COc1ccc(-c2noc(CCC(=O)NNc3nc(C)cc(C)n3)n2)cc1.